The number of hydrogen-bond donors (Lipinski definition) is 0. The SMILES string of the molecule is CN(C)C1CCN(C(=O)c2ncn3c(C4CCN(C(=O)c5ccccc5)CC4)ccnc23)C1. The van der Waals surface area contributed by atoms with Crippen molar-refractivity contribution < 1.29 is 9.59 Å². The second kappa shape index (κ2) is 8.94. The number of aromatic nitrogens is 3. The van der Waals surface area contributed by atoms with E-state index in [4.69, 9.17) is 0 Å². The molecule has 2 saturated heterocycles. The molecule has 33 heavy (non-hydrogen) atoms. The van der Waals surface area contributed by atoms with Gasteiger partial charge in [0.25, 0.3) is 11.8 Å². The summed E-state index contributed by atoms with van der Waals surface area (Å²) in [6.45, 7) is 2.89. The molecule has 0 aliphatic carbocycles. The van der Waals surface area contributed by atoms with Crippen molar-refractivity contribution in [2.75, 3.05) is 40.3 Å². The number of hydrogen-bond acceptors (Lipinski definition) is 5. The number of carbonyl (C=O) groups is 2. The summed E-state index contributed by atoms with van der Waals surface area (Å²) in [6, 6.07) is 11.8. The van der Waals surface area contributed by atoms with Gasteiger partial charge < -0.3 is 14.7 Å². The molecule has 0 N–H and O–H groups in total. The van der Waals surface area contributed by atoms with Crippen LogP contribution in [0.4, 0.5) is 0 Å². The number of carbonyl (C=O) groups excluding carboxylic acids is 2. The molecule has 0 radical (unpaired) electrons. The van der Waals surface area contributed by atoms with E-state index in [0.29, 0.717) is 30.5 Å². The maximum atomic E-state index is 13.2. The van der Waals surface area contributed by atoms with E-state index in [-0.39, 0.29) is 17.7 Å². The van der Waals surface area contributed by atoms with Gasteiger partial charge in [-0.25, -0.2) is 9.97 Å². The highest BCUT2D eigenvalue weighted by Crippen LogP contribution is 2.29. The van der Waals surface area contributed by atoms with E-state index in [0.717, 1.165) is 43.6 Å². The van der Waals surface area contributed by atoms with Crippen LogP contribution in [-0.2, 0) is 0 Å². The number of fused-ring (bicyclic) bond motifs is 1. The molecule has 1 atom stereocenters. The lowest BCUT2D eigenvalue weighted by Gasteiger charge is -2.32. The summed E-state index contributed by atoms with van der Waals surface area (Å²) in [7, 11) is 4.11. The van der Waals surface area contributed by atoms with E-state index in [9.17, 15) is 9.59 Å². The van der Waals surface area contributed by atoms with E-state index in [1.807, 2.05) is 50.6 Å². The maximum Gasteiger partial charge on any atom is 0.276 e. The van der Waals surface area contributed by atoms with Crippen LogP contribution in [0, 0.1) is 0 Å². The molecular formula is C25H30N6O2. The Morgan fingerprint density at radius 1 is 0.909 bits per heavy atom. The van der Waals surface area contributed by atoms with E-state index in [1.165, 1.54) is 0 Å². The lowest BCUT2D eigenvalue weighted by atomic mass is 9.92. The fourth-order valence-corrected chi connectivity index (χ4v) is 5.04. The highest BCUT2D eigenvalue weighted by Gasteiger charge is 2.31. The Hall–Kier alpha value is -3.26. The predicted octanol–water partition coefficient (Wildman–Crippen LogP) is 2.53. The van der Waals surface area contributed by atoms with E-state index < -0.39 is 0 Å². The van der Waals surface area contributed by atoms with Gasteiger partial charge in [0.1, 0.15) is 6.33 Å². The fourth-order valence-electron chi connectivity index (χ4n) is 5.04. The predicted molar refractivity (Wildman–Crippen MR) is 125 cm³/mol. The molecule has 5 rings (SSSR count). The second-order valence-electron chi connectivity index (χ2n) is 9.25. The molecule has 2 fully saturated rings. The first-order chi connectivity index (χ1) is 16.0. The third-order valence-electron chi connectivity index (χ3n) is 7.07. The van der Waals surface area contributed by atoms with Crippen LogP contribution < -0.4 is 0 Å². The number of amides is 2. The molecule has 2 aromatic heterocycles. The summed E-state index contributed by atoms with van der Waals surface area (Å²) in [4.78, 5) is 40.9. The summed E-state index contributed by atoms with van der Waals surface area (Å²) in [5, 5.41) is 0. The van der Waals surface area contributed by atoms with Crippen molar-refractivity contribution in [2.45, 2.75) is 31.2 Å². The van der Waals surface area contributed by atoms with Crippen molar-refractivity contribution in [1.29, 1.82) is 0 Å². The van der Waals surface area contributed by atoms with E-state index in [1.54, 1.807) is 12.5 Å². The van der Waals surface area contributed by atoms with Crippen molar-refractivity contribution in [1.82, 2.24) is 29.1 Å². The third-order valence-corrected chi connectivity index (χ3v) is 7.07. The summed E-state index contributed by atoms with van der Waals surface area (Å²) in [5.74, 6) is 0.332. The molecule has 2 aliphatic rings. The molecule has 2 aliphatic heterocycles. The van der Waals surface area contributed by atoms with Crippen LogP contribution in [0.5, 0.6) is 0 Å². The highest BCUT2D eigenvalue weighted by molar-refractivity contribution is 5.98. The smallest absolute Gasteiger partial charge is 0.276 e. The zero-order chi connectivity index (χ0) is 22.9. The molecule has 4 heterocycles. The monoisotopic (exact) mass is 446 g/mol. The van der Waals surface area contributed by atoms with Crippen LogP contribution >= 0.6 is 0 Å². The van der Waals surface area contributed by atoms with Crippen LogP contribution in [0.3, 0.4) is 0 Å². The average Bonchev–Trinajstić information content (AvgIpc) is 3.52. The van der Waals surface area contributed by atoms with Crippen molar-refractivity contribution in [3.05, 3.63) is 65.9 Å². The van der Waals surface area contributed by atoms with Crippen molar-refractivity contribution in [3.8, 4) is 0 Å². The second-order valence-corrected chi connectivity index (χ2v) is 9.25. The summed E-state index contributed by atoms with van der Waals surface area (Å²) >= 11 is 0. The number of nitrogens with zero attached hydrogens (tertiary/aromatic N) is 6. The van der Waals surface area contributed by atoms with Crippen LogP contribution in [0.15, 0.2) is 48.9 Å². The minimum absolute atomic E-state index is 0.0465. The van der Waals surface area contributed by atoms with Crippen molar-refractivity contribution >= 4 is 17.5 Å². The van der Waals surface area contributed by atoms with E-state index >= 15 is 0 Å². The molecule has 1 aromatic carbocycles. The number of imidazole rings is 1. The first kappa shape index (κ1) is 21.6. The minimum Gasteiger partial charge on any atom is -0.339 e. The van der Waals surface area contributed by atoms with Gasteiger partial charge >= 0.3 is 0 Å². The molecule has 0 saturated carbocycles. The third kappa shape index (κ3) is 4.11. The van der Waals surface area contributed by atoms with Gasteiger partial charge in [0.15, 0.2) is 11.3 Å². The fraction of sp³-hybridized carbons (Fsp3) is 0.440. The van der Waals surface area contributed by atoms with Gasteiger partial charge in [0.05, 0.1) is 0 Å². The Labute approximate surface area is 193 Å². The first-order valence-corrected chi connectivity index (χ1v) is 11.6. The lowest BCUT2D eigenvalue weighted by molar-refractivity contribution is 0.0711. The number of benzene rings is 1. The average molecular weight is 447 g/mol. The summed E-state index contributed by atoms with van der Waals surface area (Å²) in [6.07, 6.45) is 6.22. The topological polar surface area (TPSA) is 74.0 Å². The molecule has 0 spiro atoms. The molecular weight excluding hydrogens is 416 g/mol. The molecule has 0 bridgehead atoms. The van der Waals surface area contributed by atoms with Crippen LogP contribution in [-0.4, -0.2) is 87.2 Å². The minimum atomic E-state index is -0.0465. The first-order valence-electron chi connectivity index (χ1n) is 11.6. The largest absolute Gasteiger partial charge is 0.339 e. The number of likely N-dealkylation sites (tertiary alicyclic amines) is 2. The van der Waals surface area contributed by atoms with Crippen molar-refractivity contribution in [3.63, 3.8) is 0 Å². The zero-order valence-electron chi connectivity index (χ0n) is 19.2. The Balaban J connectivity index is 1.31. The zero-order valence-corrected chi connectivity index (χ0v) is 19.2. The number of likely N-dealkylation sites (N-methyl/N-ethyl adjacent to an activating group) is 1. The molecule has 8 heteroatoms. The van der Waals surface area contributed by atoms with Crippen LogP contribution in [0.2, 0.25) is 0 Å². The van der Waals surface area contributed by atoms with Crippen molar-refractivity contribution in [2.24, 2.45) is 0 Å². The molecule has 172 valence electrons. The number of rotatable bonds is 4. The van der Waals surface area contributed by atoms with Gasteiger partial charge in [-0.05, 0) is 51.6 Å². The van der Waals surface area contributed by atoms with Crippen LogP contribution in [0.1, 0.15) is 51.7 Å². The summed E-state index contributed by atoms with van der Waals surface area (Å²) < 4.78 is 1.96. The standard InChI is InChI=1S/C25H30N6O2/c1-28(2)20-11-15-30(16-20)25(33)22-23-26-12-8-21(31(23)17-27-22)18-9-13-29(14-10-18)24(32)19-6-4-3-5-7-19/h3-8,12,17-18,20H,9-11,13-16H2,1-2H3. The molecule has 1 unspecified atom stereocenters. The normalized spacial score (nSPS) is 19.5. The Morgan fingerprint density at radius 2 is 1.64 bits per heavy atom. The van der Waals surface area contributed by atoms with Gasteiger partial charge in [-0.1, -0.05) is 18.2 Å². The van der Waals surface area contributed by atoms with Gasteiger partial charge in [-0.15, -0.1) is 0 Å². The number of piperidine rings is 1. The Morgan fingerprint density at radius 3 is 2.33 bits per heavy atom. The van der Waals surface area contributed by atoms with Gasteiger partial charge in [0, 0.05) is 55.6 Å². The highest BCUT2D eigenvalue weighted by atomic mass is 16.2. The van der Waals surface area contributed by atoms with Gasteiger partial charge in [0.2, 0.25) is 0 Å². The van der Waals surface area contributed by atoms with Gasteiger partial charge in [-0.3, -0.25) is 14.0 Å². The Bertz CT molecular complexity index is 1150. The van der Waals surface area contributed by atoms with E-state index in [2.05, 4.69) is 29.0 Å². The molecule has 2 amide bonds. The maximum absolute atomic E-state index is 13.2. The molecule has 3 aromatic rings. The lowest BCUT2D eigenvalue weighted by Crippen LogP contribution is -2.38. The Kier molecular flexibility index (Phi) is 5.85. The summed E-state index contributed by atoms with van der Waals surface area (Å²) in [5.41, 5.74) is 2.88. The molecule has 8 nitrogen and oxygen atoms in total. The quantitative estimate of drug-likeness (QED) is 0.616. The van der Waals surface area contributed by atoms with Gasteiger partial charge in [-0.2, -0.15) is 0 Å². The van der Waals surface area contributed by atoms with Crippen LogP contribution in [0.25, 0.3) is 5.65 Å².